The zero-order valence-electron chi connectivity index (χ0n) is 11.7. The van der Waals surface area contributed by atoms with E-state index in [-0.39, 0.29) is 29.7 Å². The van der Waals surface area contributed by atoms with E-state index >= 15 is 0 Å². The van der Waals surface area contributed by atoms with Gasteiger partial charge in [0.15, 0.2) is 0 Å². The minimum absolute atomic E-state index is 0.131. The summed E-state index contributed by atoms with van der Waals surface area (Å²) in [5, 5.41) is 0.357. The summed E-state index contributed by atoms with van der Waals surface area (Å²) in [6, 6.07) is 5.09. The molecule has 0 atom stereocenters. The standard InChI is InChI=1S/C12H9Cl/c13-12-9-5-4-8-11(12)10-6-2-1-3-7-10/h1-9H/i1D,2D,3D,6D,7D. The van der Waals surface area contributed by atoms with Crippen molar-refractivity contribution in [1.29, 1.82) is 0 Å². The molecule has 2 rings (SSSR count). The Balaban J connectivity index is 2.85. The third-order valence-electron chi connectivity index (χ3n) is 1.64. The molecule has 0 fully saturated rings. The van der Waals surface area contributed by atoms with Crippen molar-refractivity contribution < 1.29 is 6.85 Å². The Morgan fingerprint density at radius 2 is 1.69 bits per heavy atom. The molecular formula is C12H9Cl. The lowest BCUT2D eigenvalue weighted by atomic mass is 10.1. The second kappa shape index (κ2) is 3.63. The Bertz CT molecular complexity index is 595. The first-order chi connectivity index (χ1) is 8.45. The predicted octanol–water partition coefficient (Wildman–Crippen LogP) is 4.01. The van der Waals surface area contributed by atoms with E-state index in [4.69, 9.17) is 18.5 Å². The quantitative estimate of drug-likeness (QED) is 0.642. The van der Waals surface area contributed by atoms with Crippen LogP contribution in [-0.2, 0) is 0 Å². The molecule has 0 aliphatic rings. The lowest BCUT2D eigenvalue weighted by molar-refractivity contribution is 1.62. The highest BCUT2D eigenvalue weighted by atomic mass is 35.5. The molecule has 64 valence electrons. The van der Waals surface area contributed by atoms with Crippen LogP contribution in [0.3, 0.4) is 0 Å². The fourth-order valence-corrected chi connectivity index (χ4v) is 1.28. The summed E-state index contributed by atoms with van der Waals surface area (Å²) in [7, 11) is 0. The minimum atomic E-state index is -0.402. The van der Waals surface area contributed by atoms with Gasteiger partial charge >= 0.3 is 0 Å². The fraction of sp³-hybridized carbons (Fsp3) is 0. The second-order valence-electron chi connectivity index (χ2n) is 2.48. The molecule has 1 heteroatoms. The van der Waals surface area contributed by atoms with E-state index in [2.05, 4.69) is 0 Å². The van der Waals surface area contributed by atoms with Gasteiger partial charge in [-0.1, -0.05) is 60.0 Å². The Labute approximate surface area is 89.8 Å². The van der Waals surface area contributed by atoms with Crippen LogP contribution in [0.25, 0.3) is 11.1 Å². The molecule has 0 aromatic heterocycles. The van der Waals surface area contributed by atoms with Crippen LogP contribution in [0.1, 0.15) is 6.85 Å². The summed E-state index contributed by atoms with van der Waals surface area (Å²) in [6.07, 6.45) is 0. The SMILES string of the molecule is [2H]c1c([2H])c([2H])c(-c2ccccc2Cl)c([2H])c1[2H]. The normalized spacial score (nSPS) is 15.3. The van der Waals surface area contributed by atoms with Crippen molar-refractivity contribution >= 4 is 11.6 Å². The lowest BCUT2D eigenvalue weighted by Crippen LogP contribution is -1.77. The maximum Gasteiger partial charge on any atom is 0.0629 e. The van der Waals surface area contributed by atoms with Gasteiger partial charge in [0.25, 0.3) is 0 Å². The predicted molar refractivity (Wildman–Crippen MR) is 56.9 cm³/mol. The summed E-state index contributed by atoms with van der Waals surface area (Å²) >= 11 is 6.01. The monoisotopic (exact) mass is 193 g/mol. The van der Waals surface area contributed by atoms with E-state index in [0.29, 0.717) is 10.6 Å². The highest BCUT2D eigenvalue weighted by Gasteiger charge is 1.99. The Morgan fingerprint density at radius 1 is 1.00 bits per heavy atom. The number of halogens is 1. The first-order valence-electron chi connectivity index (χ1n) is 6.27. The van der Waals surface area contributed by atoms with Crippen molar-refractivity contribution in [2.45, 2.75) is 0 Å². The third-order valence-corrected chi connectivity index (χ3v) is 1.97. The minimum Gasteiger partial charge on any atom is -0.0837 e. The van der Waals surface area contributed by atoms with Gasteiger partial charge < -0.3 is 0 Å². The Hall–Kier alpha value is -1.27. The molecule has 13 heavy (non-hydrogen) atoms. The van der Waals surface area contributed by atoms with Crippen LogP contribution in [0.15, 0.2) is 54.5 Å². The molecule has 0 aliphatic heterocycles. The van der Waals surface area contributed by atoms with Gasteiger partial charge in [0.1, 0.15) is 0 Å². The highest BCUT2D eigenvalue weighted by molar-refractivity contribution is 6.33. The molecule has 0 unspecified atom stereocenters. The molecular weight excluding hydrogens is 180 g/mol. The van der Waals surface area contributed by atoms with Crippen molar-refractivity contribution in [2.24, 2.45) is 0 Å². The molecule has 0 amide bonds. The van der Waals surface area contributed by atoms with Crippen LogP contribution in [0.5, 0.6) is 0 Å². The van der Waals surface area contributed by atoms with Crippen molar-refractivity contribution in [3.05, 3.63) is 59.5 Å². The van der Waals surface area contributed by atoms with E-state index in [1.54, 1.807) is 24.3 Å². The number of rotatable bonds is 1. The van der Waals surface area contributed by atoms with Crippen LogP contribution in [0.4, 0.5) is 0 Å². The Kier molecular flexibility index (Phi) is 1.20. The summed E-state index contributed by atoms with van der Waals surface area (Å²) in [6.45, 7) is 0. The zero-order chi connectivity index (χ0) is 13.4. The summed E-state index contributed by atoms with van der Waals surface area (Å²) in [5.74, 6) is 0. The van der Waals surface area contributed by atoms with Crippen LogP contribution < -0.4 is 0 Å². The van der Waals surface area contributed by atoms with E-state index in [1.807, 2.05) is 0 Å². The van der Waals surface area contributed by atoms with Crippen LogP contribution in [-0.4, -0.2) is 0 Å². The fourth-order valence-electron chi connectivity index (χ4n) is 1.05. The molecule has 2 aromatic carbocycles. The van der Waals surface area contributed by atoms with Gasteiger partial charge in [0.2, 0.25) is 0 Å². The van der Waals surface area contributed by atoms with E-state index in [1.165, 1.54) is 0 Å². The number of hydrogen-bond acceptors (Lipinski definition) is 0. The first kappa shape index (κ1) is 4.30. The van der Waals surface area contributed by atoms with Gasteiger partial charge in [0.05, 0.1) is 6.85 Å². The topological polar surface area (TPSA) is 0 Å². The zero-order valence-corrected chi connectivity index (χ0v) is 7.44. The number of benzene rings is 2. The van der Waals surface area contributed by atoms with Crippen LogP contribution in [0, 0.1) is 0 Å². The lowest BCUT2D eigenvalue weighted by Gasteiger charge is -2.02. The molecule has 0 bridgehead atoms. The average molecular weight is 194 g/mol. The highest BCUT2D eigenvalue weighted by Crippen LogP contribution is 2.26. The molecule has 0 saturated carbocycles. The molecule has 0 N–H and O–H groups in total. The van der Waals surface area contributed by atoms with E-state index in [9.17, 15) is 0 Å². The van der Waals surface area contributed by atoms with Crippen molar-refractivity contribution in [3.8, 4) is 11.1 Å². The van der Waals surface area contributed by atoms with Gasteiger partial charge in [-0.3, -0.25) is 0 Å². The van der Waals surface area contributed by atoms with Crippen molar-refractivity contribution in [1.82, 2.24) is 0 Å². The molecule has 0 nitrogen and oxygen atoms in total. The summed E-state index contributed by atoms with van der Waals surface area (Å²) in [4.78, 5) is 0. The van der Waals surface area contributed by atoms with E-state index < -0.39 is 6.04 Å². The first-order valence-corrected chi connectivity index (χ1v) is 4.14. The van der Waals surface area contributed by atoms with Gasteiger partial charge in [-0.05, 0) is 11.6 Å². The average Bonchev–Trinajstić information content (AvgIpc) is 2.36. The van der Waals surface area contributed by atoms with Crippen LogP contribution in [0.2, 0.25) is 5.02 Å². The van der Waals surface area contributed by atoms with Crippen molar-refractivity contribution in [2.75, 3.05) is 0 Å². The molecule has 2 aromatic rings. The number of hydrogen-bond donors (Lipinski definition) is 0. The van der Waals surface area contributed by atoms with Gasteiger partial charge in [-0.25, -0.2) is 0 Å². The molecule has 0 heterocycles. The van der Waals surface area contributed by atoms with Gasteiger partial charge in [-0.2, -0.15) is 0 Å². The smallest absolute Gasteiger partial charge is 0.0629 e. The van der Waals surface area contributed by atoms with Crippen molar-refractivity contribution in [3.63, 3.8) is 0 Å². The maximum atomic E-state index is 7.84. The maximum absolute atomic E-state index is 7.84. The molecule has 0 saturated heterocycles. The van der Waals surface area contributed by atoms with Gasteiger partial charge in [-0.15, -0.1) is 0 Å². The molecule has 0 aliphatic carbocycles. The van der Waals surface area contributed by atoms with E-state index in [0.717, 1.165) is 0 Å². The Morgan fingerprint density at radius 3 is 2.38 bits per heavy atom. The van der Waals surface area contributed by atoms with Gasteiger partial charge in [0, 0.05) is 10.6 Å². The largest absolute Gasteiger partial charge is 0.0837 e. The summed E-state index contributed by atoms with van der Waals surface area (Å²) in [5.41, 5.74) is 0.572. The van der Waals surface area contributed by atoms with Crippen LogP contribution >= 0.6 is 11.6 Å². The third kappa shape index (κ3) is 1.73. The molecule has 0 radical (unpaired) electrons. The second-order valence-corrected chi connectivity index (χ2v) is 2.89. The summed E-state index contributed by atoms with van der Waals surface area (Å²) < 4.78 is 38.4. The molecule has 0 spiro atoms.